The molecular weight excluding hydrogens is 560 g/mol. The maximum Gasteiger partial charge on any atom is 0.336 e. The third-order valence-electron chi connectivity index (χ3n) is 6.32. The Morgan fingerprint density at radius 2 is 1.07 bits per heavy atom. The van der Waals surface area contributed by atoms with Gasteiger partial charge in [0, 0.05) is 5.69 Å². The molecule has 0 spiro atoms. The van der Waals surface area contributed by atoms with Crippen LogP contribution in [0.25, 0.3) is 0 Å². The monoisotopic (exact) mass is 584 g/mol. The highest BCUT2D eigenvalue weighted by Crippen LogP contribution is 2.20. The zero-order valence-electron chi connectivity index (χ0n) is 22.2. The molecule has 218 valence electrons. The number of amides is 1. The lowest BCUT2D eigenvalue weighted by molar-refractivity contribution is 0.0673. The van der Waals surface area contributed by atoms with Crippen LogP contribution in [0.3, 0.4) is 0 Å². The zero-order chi connectivity index (χ0) is 31.1. The van der Waals surface area contributed by atoms with Crippen LogP contribution in [0.2, 0.25) is 0 Å². The highest BCUT2D eigenvalue weighted by atomic mass is 16.6. The van der Waals surface area contributed by atoms with Gasteiger partial charge in [0.15, 0.2) is 0 Å². The van der Waals surface area contributed by atoms with Gasteiger partial charge in [0.05, 0.1) is 33.5 Å². The second-order valence-electron chi connectivity index (χ2n) is 9.27. The van der Waals surface area contributed by atoms with E-state index in [-0.39, 0.29) is 28.9 Å². The number of anilines is 2. The van der Waals surface area contributed by atoms with E-state index < -0.39 is 35.3 Å². The molecule has 4 aromatic carbocycles. The van der Waals surface area contributed by atoms with Gasteiger partial charge < -0.3 is 25.7 Å². The summed E-state index contributed by atoms with van der Waals surface area (Å²) in [5.74, 6) is -5.91. The van der Waals surface area contributed by atoms with Crippen molar-refractivity contribution < 1.29 is 49.2 Å². The van der Waals surface area contributed by atoms with E-state index in [0.717, 1.165) is 35.4 Å². The quantitative estimate of drug-likeness (QED) is 0.124. The van der Waals surface area contributed by atoms with Crippen molar-refractivity contribution in [1.29, 1.82) is 0 Å². The van der Waals surface area contributed by atoms with Crippen molar-refractivity contribution in [3.8, 4) is 0 Å². The molecule has 0 unspecified atom stereocenters. The maximum atomic E-state index is 12.7. The number of hydrogen-bond donors (Lipinski definition) is 6. The minimum absolute atomic E-state index is 0.114. The summed E-state index contributed by atoms with van der Waals surface area (Å²) in [6.07, 6.45) is 0.563. The van der Waals surface area contributed by atoms with Gasteiger partial charge in [-0.25, -0.2) is 19.2 Å². The molecule has 43 heavy (non-hydrogen) atoms. The summed E-state index contributed by atoms with van der Waals surface area (Å²) in [7, 11) is 0. The second kappa shape index (κ2) is 13.1. The van der Waals surface area contributed by atoms with Crippen LogP contribution >= 0.6 is 0 Å². The SMILES string of the molecule is O=C(O)c1ccc(CONc2ccc(Cc3ccc(NC(=O)c4ccc(C(=O)O)cc4C(=O)O)cc3)cc2)c(C(=O)O)c1. The van der Waals surface area contributed by atoms with E-state index in [1.807, 2.05) is 12.1 Å². The summed E-state index contributed by atoms with van der Waals surface area (Å²) >= 11 is 0. The van der Waals surface area contributed by atoms with E-state index in [1.54, 1.807) is 36.4 Å². The summed E-state index contributed by atoms with van der Waals surface area (Å²) in [5, 5.41) is 39.5. The fourth-order valence-corrected chi connectivity index (χ4v) is 4.11. The number of rotatable bonds is 12. The molecule has 0 atom stereocenters. The van der Waals surface area contributed by atoms with Crippen LogP contribution < -0.4 is 10.8 Å². The number of carboxylic acids is 4. The molecule has 12 heteroatoms. The molecule has 4 aromatic rings. The molecule has 0 aliphatic rings. The Bertz CT molecular complexity index is 1710. The maximum absolute atomic E-state index is 12.7. The molecule has 12 nitrogen and oxygen atoms in total. The second-order valence-corrected chi connectivity index (χ2v) is 9.27. The first kappa shape index (κ1) is 30.0. The van der Waals surface area contributed by atoms with Gasteiger partial charge in [-0.3, -0.25) is 15.1 Å². The predicted octanol–water partition coefficient (Wildman–Crippen LogP) is 4.87. The van der Waals surface area contributed by atoms with Crippen molar-refractivity contribution in [2.75, 3.05) is 10.8 Å². The summed E-state index contributed by atoms with van der Waals surface area (Å²) in [4.78, 5) is 63.4. The van der Waals surface area contributed by atoms with E-state index >= 15 is 0 Å². The summed E-state index contributed by atoms with van der Waals surface area (Å²) in [6.45, 7) is -0.114. The van der Waals surface area contributed by atoms with Crippen molar-refractivity contribution in [2.24, 2.45) is 0 Å². The molecular formula is C31H24N2O10. The zero-order valence-corrected chi connectivity index (χ0v) is 22.2. The van der Waals surface area contributed by atoms with Gasteiger partial charge >= 0.3 is 23.9 Å². The van der Waals surface area contributed by atoms with Crippen LogP contribution in [0.15, 0.2) is 84.9 Å². The Morgan fingerprint density at radius 3 is 1.60 bits per heavy atom. The molecule has 0 saturated carbocycles. The van der Waals surface area contributed by atoms with Crippen molar-refractivity contribution in [3.05, 3.63) is 129 Å². The summed E-state index contributed by atoms with van der Waals surface area (Å²) in [5.41, 5.74) is 4.83. The Hall–Kier alpha value is -6.01. The molecule has 0 aromatic heterocycles. The normalized spacial score (nSPS) is 10.5. The van der Waals surface area contributed by atoms with Crippen molar-refractivity contribution in [3.63, 3.8) is 0 Å². The standard InChI is InChI=1S/C31H24N2O10/c34-27(24-12-7-20(29(37)38)15-26(24)31(41)42)32-22-8-1-17(2-9-22)13-18-3-10-23(11-4-18)33-43-16-21-6-5-19(28(35)36)14-25(21)30(39)40/h1-12,14-15,33H,13,16H2,(H,32,34)(H,35,36)(H,37,38)(H,39,40)(H,41,42). The van der Waals surface area contributed by atoms with Gasteiger partial charge in [0.25, 0.3) is 5.91 Å². The number of carboxylic acid groups (broad SMARTS) is 4. The first-order valence-corrected chi connectivity index (χ1v) is 12.6. The molecule has 1 amide bonds. The van der Waals surface area contributed by atoms with Gasteiger partial charge in [0.2, 0.25) is 0 Å². The van der Waals surface area contributed by atoms with E-state index in [0.29, 0.717) is 23.4 Å². The molecule has 0 heterocycles. The van der Waals surface area contributed by atoms with E-state index in [1.165, 1.54) is 12.1 Å². The molecule has 0 saturated heterocycles. The molecule has 6 N–H and O–H groups in total. The van der Waals surface area contributed by atoms with Gasteiger partial charge in [-0.05, 0) is 77.7 Å². The highest BCUT2D eigenvalue weighted by molar-refractivity contribution is 6.11. The average Bonchev–Trinajstić information content (AvgIpc) is 2.98. The Labute approximate surface area is 243 Å². The number of nitrogens with one attached hydrogen (secondary N) is 2. The largest absolute Gasteiger partial charge is 0.478 e. The van der Waals surface area contributed by atoms with Crippen molar-refractivity contribution in [1.82, 2.24) is 0 Å². The molecule has 0 bridgehead atoms. The first-order valence-electron chi connectivity index (χ1n) is 12.6. The fourth-order valence-electron chi connectivity index (χ4n) is 4.11. The highest BCUT2D eigenvalue weighted by Gasteiger charge is 2.19. The Kier molecular flexibility index (Phi) is 9.13. The smallest absolute Gasteiger partial charge is 0.336 e. The minimum atomic E-state index is -1.42. The molecule has 0 radical (unpaired) electrons. The van der Waals surface area contributed by atoms with Gasteiger partial charge in [-0.15, -0.1) is 0 Å². The van der Waals surface area contributed by atoms with Gasteiger partial charge in [-0.2, -0.15) is 0 Å². The third kappa shape index (κ3) is 7.60. The fraction of sp³-hybridized carbons (Fsp3) is 0.0645. The topological polar surface area (TPSA) is 200 Å². The number of carbonyl (C=O) groups excluding carboxylic acids is 1. The number of hydrogen-bond acceptors (Lipinski definition) is 7. The molecule has 0 fully saturated rings. The van der Waals surface area contributed by atoms with Crippen LogP contribution in [0, 0.1) is 0 Å². The van der Waals surface area contributed by atoms with Crippen LogP contribution in [-0.2, 0) is 17.9 Å². The summed E-state index contributed by atoms with van der Waals surface area (Å²) < 4.78 is 0. The first-order chi connectivity index (χ1) is 20.5. The molecule has 0 aliphatic carbocycles. The predicted molar refractivity (Wildman–Crippen MR) is 153 cm³/mol. The van der Waals surface area contributed by atoms with Crippen LogP contribution in [0.1, 0.15) is 68.5 Å². The Morgan fingerprint density at radius 1 is 0.558 bits per heavy atom. The Balaban J connectivity index is 1.33. The third-order valence-corrected chi connectivity index (χ3v) is 6.32. The van der Waals surface area contributed by atoms with Gasteiger partial charge in [0.1, 0.15) is 6.61 Å². The van der Waals surface area contributed by atoms with E-state index in [9.17, 15) is 34.2 Å². The molecule has 4 rings (SSSR count). The average molecular weight is 585 g/mol. The number of benzene rings is 4. The lowest BCUT2D eigenvalue weighted by atomic mass is 10.0. The van der Waals surface area contributed by atoms with E-state index in [4.69, 9.17) is 15.1 Å². The van der Waals surface area contributed by atoms with E-state index in [2.05, 4.69) is 10.8 Å². The van der Waals surface area contributed by atoms with Crippen LogP contribution in [0.5, 0.6) is 0 Å². The lowest BCUT2D eigenvalue weighted by Crippen LogP contribution is -2.17. The summed E-state index contributed by atoms with van der Waals surface area (Å²) in [6, 6.07) is 21.2. The van der Waals surface area contributed by atoms with Crippen LogP contribution in [0.4, 0.5) is 11.4 Å². The lowest BCUT2D eigenvalue weighted by Gasteiger charge is -2.11. The number of carbonyl (C=O) groups is 5. The van der Waals surface area contributed by atoms with Crippen LogP contribution in [-0.4, -0.2) is 50.2 Å². The number of aromatic carboxylic acids is 4. The van der Waals surface area contributed by atoms with Crippen molar-refractivity contribution >= 4 is 41.2 Å². The van der Waals surface area contributed by atoms with Gasteiger partial charge in [-0.1, -0.05) is 30.3 Å². The molecule has 0 aliphatic heterocycles. The van der Waals surface area contributed by atoms with Crippen molar-refractivity contribution in [2.45, 2.75) is 13.0 Å². The minimum Gasteiger partial charge on any atom is -0.478 e.